The molecule has 0 aliphatic carbocycles. The third-order valence-corrected chi connectivity index (χ3v) is 4.03. The molecule has 0 amide bonds. The van der Waals surface area contributed by atoms with Crippen molar-refractivity contribution in [3.8, 4) is 11.5 Å². The third-order valence-electron chi connectivity index (χ3n) is 3.44. The molecule has 2 aromatic carbocycles. The van der Waals surface area contributed by atoms with E-state index < -0.39 is 0 Å². The molecule has 3 rings (SSSR count). The molecule has 0 fully saturated rings. The number of ether oxygens (including phenoxy) is 3. The predicted molar refractivity (Wildman–Crippen MR) is 87.2 cm³/mol. The number of carbonyl (C=O) groups excluding carboxylic acids is 1. The number of carbonyl (C=O) groups is 1. The summed E-state index contributed by atoms with van der Waals surface area (Å²) in [7, 11) is 0. The summed E-state index contributed by atoms with van der Waals surface area (Å²) in [5.41, 5.74) is 1.69. The zero-order chi connectivity index (χ0) is 16.4. The Balaban J connectivity index is 1.69. The average Bonchev–Trinajstić information content (AvgIpc) is 2.88. The molecule has 1 unspecified atom stereocenters. The minimum Gasteiger partial charge on any atom is -0.489 e. The van der Waals surface area contributed by atoms with Crippen LogP contribution in [0.2, 0.25) is 10.0 Å². The fraction of sp³-hybridized carbons (Fsp3) is 0.235. The van der Waals surface area contributed by atoms with Crippen molar-refractivity contribution in [3.05, 3.63) is 57.6 Å². The number of hydrogen-bond acceptors (Lipinski definition) is 4. The molecule has 0 saturated carbocycles. The molecular formula is C17H14Cl2O4. The van der Waals surface area contributed by atoms with Gasteiger partial charge in [0.2, 0.25) is 0 Å². The summed E-state index contributed by atoms with van der Waals surface area (Å²) in [6.07, 6.45) is -0.359. The smallest absolute Gasteiger partial charge is 0.303 e. The molecule has 120 valence electrons. The molecule has 0 saturated heterocycles. The van der Waals surface area contributed by atoms with Gasteiger partial charge in [0.15, 0.2) is 6.10 Å². The number of esters is 1. The van der Waals surface area contributed by atoms with Crippen LogP contribution in [0.3, 0.4) is 0 Å². The van der Waals surface area contributed by atoms with Crippen LogP contribution in [0.1, 0.15) is 24.2 Å². The zero-order valence-corrected chi connectivity index (χ0v) is 13.9. The van der Waals surface area contributed by atoms with Crippen molar-refractivity contribution < 1.29 is 19.0 Å². The van der Waals surface area contributed by atoms with Gasteiger partial charge in [0.25, 0.3) is 0 Å². The fourth-order valence-electron chi connectivity index (χ4n) is 2.35. The van der Waals surface area contributed by atoms with Crippen molar-refractivity contribution in [3.63, 3.8) is 0 Å². The topological polar surface area (TPSA) is 44.8 Å². The summed E-state index contributed by atoms with van der Waals surface area (Å²) >= 11 is 12.0. The SMILES string of the molecule is CC(=O)OC1COc2cc(OCc3ccc(Cl)cc3Cl)ccc21. The molecule has 0 radical (unpaired) electrons. The van der Waals surface area contributed by atoms with Gasteiger partial charge in [-0.1, -0.05) is 29.3 Å². The van der Waals surface area contributed by atoms with Gasteiger partial charge in [-0.3, -0.25) is 4.79 Å². The molecule has 2 aromatic rings. The van der Waals surface area contributed by atoms with E-state index in [4.69, 9.17) is 37.4 Å². The Morgan fingerprint density at radius 1 is 1.26 bits per heavy atom. The first kappa shape index (κ1) is 16.0. The Labute approximate surface area is 143 Å². The maximum absolute atomic E-state index is 11.1. The lowest BCUT2D eigenvalue weighted by Crippen LogP contribution is -2.09. The van der Waals surface area contributed by atoms with Crippen LogP contribution in [0, 0.1) is 0 Å². The Morgan fingerprint density at radius 2 is 2.09 bits per heavy atom. The highest BCUT2D eigenvalue weighted by atomic mass is 35.5. The molecule has 4 nitrogen and oxygen atoms in total. The van der Waals surface area contributed by atoms with E-state index in [-0.39, 0.29) is 12.1 Å². The normalized spacial score (nSPS) is 15.7. The molecule has 1 aliphatic rings. The van der Waals surface area contributed by atoms with Crippen molar-refractivity contribution in [2.75, 3.05) is 6.61 Å². The van der Waals surface area contributed by atoms with E-state index >= 15 is 0 Å². The van der Waals surface area contributed by atoms with Crippen LogP contribution in [-0.4, -0.2) is 12.6 Å². The molecular weight excluding hydrogens is 339 g/mol. The molecule has 0 spiro atoms. The molecule has 1 atom stereocenters. The summed E-state index contributed by atoms with van der Waals surface area (Å²) in [5, 5.41) is 1.14. The van der Waals surface area contributed by atoms with Crippen LogP contribution >= 0.6 is 23.2 Å². The first-order chi connectivity index (χ1) is 11.0. The van der Waals surface area contributed by atoms with Crippen molar-refractivity contribution in [2.24, 2.45) is 0 Å². The largest absolute Gasteiger partial charge is 0.489 e. The van der Waals surface area contributed by atoms with Gasteiger partial charge < -0.3 is 14.2 Å². The van der Waals surface area contributed by atoms with E-state index in [0.717, 1.165) is 11.1 Å². The van der Waals surface area contributed by atoms with Gasteiger partial charge in [-0.05, 0) is 24.3 Å². The standard InChI is InChI=1S/C17H14Cl2O4/c1-10(20)23-17-9-22-16-7-13(4-5-14(16)17)21-8-11-2-3-12(18)6-15(11)19/h2-7,17H,8-9H2,1H3. The number of halogens is 2. The monoisotopic (exact) mass is 352 g/mol. The summed E-state index contributed by atoms with van der Waals surface area (Å²) in [6.45, 7) is 2.02. The second-order valence-corrected chi connectivity index (χ2v) is 5.98. The second-order valence-electron chi connectivity index (χ2n) is 5.13. The van der Waals surface area contributed by atoms with Crippen molar-refractivity contribution >= 4 is 29.2 Å². The maximum atomic E-state index is 11.1. The highest BCUT2D eigenvalue weighted by Gasteiger charge is 2.27. The summed E-state index contributed by atoms with van der Waals surface area (Å²) in [4.78, 5) is 11.1. The number of fused-ring (bicyclic) bond motifs is 1. The van der Waals surface area contributed by atoms with Crippen LogP contribution in [0.4, 0.5) is 0 Å². The summed E-state index contributed by atoms with van der Waals surface area (Å²) in [5.74, 6) is 0.985. The van der Waals surface area contributed by atoms with Crippen LogP contribution < -0.4 is 9.47 Å². The van der Waals surface area contributed by atoms with Gasteiger partial charge in [-0.2, -0.15) is 0 Å². The zero-order valence-electron chi connectivity index (χ0n) is 12.3. The minimum absolute atomic E-state index is 0.321. The van der Waals surface area contributed by atoms with E-state index in [0.29, 0.717) is 34.8 Å². The Hall–Kier alpha value is -1.91. The van der Waals surface area contributed by atoms with E-state index in [9.17, 15) is 4.79 Å². The van der Waals surface area contributed by atoms with Gasteiger partial charge in [0.1, 0.15) is 24.7 Å². The van der Waals surface area contributed by atoms with E-state index in [1.165, 1.54) is 6.92 Å². The van der Waals surface area contributed by atoms with Crippen molar-refractivity contribution in [1.82, 2.24) is 0 Å². The average molecular weight is 353 g/mol. The van der Waals surface area contributed by atoms with E-state index in [1.54, 1.807) is 18.2 Å². The van der Waals surface area contributed by atoms with Crippen molar-refractivity contribution in [2.45, 2.75) is 19.6 Å². The highest BCUT2D eigenvalue weighted by Crippen LogP contribution is 2.37. The Bertz CT molecular complexity index is 745. The van der Waals surface area contributed by atoms with Crippen LogP contribution in [0.25, 0.3) is 0 Å². The van der Waals surface area contributed by atoms with Gasteiger partial charge in [0.05, 0.1) is 0 Å². The van der Waals surface area contributed by atoms with Crippen LogP contribution in [-0.2, 0) is 16.1 Å². The Morgan fingerprint density at radius 3 is 2.83 bits per heavy atom. The number of rotatable bonds is 4. The lowest BCUT2D eigenvalue weighted by molar-refractivity contribution is -0.147. The van der Waals surface area contributed by atoms with Gasteiger partial charge in [-0.25, -0.2) is 0 Å². The predicted octanol–water partition coefficient (Wildman–Crippen LogP) is 4.57. The minimum atomic E-state index is -0.359. The van der Waals surface area contributed by atoms with Gasteiger partial charge >= 0.3 is 5.97 Å². The molecule has 1 aliphatic heterocycles. The van der Waals surface area contributed by atoms with Gasteiger partial charge in [-0.15, -0.1) is 0 Å². The van der Waals surface area contributed by atoms with Crippen LogP contribution in [0.15, 0.2) is 36.4 Å². The fourth-order valence-corrected chi connectivity index (χ4v) is 2.81. The first-order valence-electron chi connectivity index (χ1n) is 7.03. The van der Waals surface area contributed by atoms with E-state index in [2.05, 4.69) is 0 Å². The first-order valence-corrected chi connectivity index (χ1v) is 7.79. The number of hydrogen-bond donors (Lipinski definition) is 0. The van der Waals surface area contributed by atoms with Crippen molar-refractivity contribution in [1.29, 1.82) is 0 Å². The quantitative estimate of drug-likeness (QED) is 0.756. The summed E-state index contributed by atoms with van der Waals surface area (Å²) < 4.78 is 16.5. The van der Waals surface area contributed by atoms with E-state index in [1.807, 2.05) is 18.2 Å². The Kier molecular flexibility index (Phi) is 4.64. The third kappa shape index (κ3) is 3.71. The molecule has 0 bridgehead atoms. The van der Waals surface area contributed by atoms with Gasteiger partial charge in [0, 0.05) is 34.2 Å². The summed E-state index contributed by atoms with van der Waals surface area (Å²) in [6, 6.07) is 10.7. The second kappa shape index (κ2) is 6.69. The van der Waals surface area contributed by atoms with Crippen LogP contribution in [0.5, 0.6) is 11.5 Å². The maximum Gasteiger partial charge on any atom is 0.303 e. The lowest BCUT2D eigenvalue weighted by atomic mass is 10.1. The molecule has 0 N–H and O–H groups in total. The highest BCUT2D eigenvalue weighted by molar-refractivity contribution is 6.35. The molecule has 1 heterocycles. The lowest BCUT2D eigenvalue weighted by Gasteiger charge is -2.10. The number of benzene rings is 2. The molecule has 6 heteroatoms. The molecule has 23 heavy (non-hydrogen) atoms. The molecule has 0 aromatic heterocycles.